The predicted molar refractivity (Wildman–Crippen MR) is 83.1 cm³/mol. The molecule has 0 bridgehead atoms. The minimum atomic E-state index is 0.619. The van der Waals surface area contributed by atoms with Gasteiger partial charge in [-0.3, -0.25) is 4.98 Å². The molecule has 0 radical (unpaired) electrons. The summed E-state index contributed by atoms with van der Waals surface area (Å²) in [6.45, 7) is 2.81. The van der Waals surface area contributed by atoms with Crippen LogP contribution in [-0.2, 0) is 13.0 Å². The number of hydrogen-bond acceptors (Lipinski definition) is 2. The van der Waals surface area contributed by atoms with Crippen molar-refractivity contribution >= 4 is 23.0 Å². The highest BCUT2D eigenvalue weighted by molar-refractivity contribution is 7.80. The fraction of sp³-hybridized carbons (Fsp3) is 0.200. The Morgan fingerprint density at radius 2 is 1.95 bits per heavy atom. The van der Waals surface area contributed by atoms with Crippen molar-refractivity contribution in [3.8, 4) is 0 Å². The van der Waals surface area contributed by atoms with Crippen LogP contribution in [-0.4, -0.2) is 10.1 Å². The standard InChI is InChI=1S/C15H17N3S/c1-2-12-5-7-14(8-6-12)18-15(19)17-11-13-4-3-9-16-10-13/h3-10H,2,11H2,1H3,(H2,17,18,19). The summed E-state index contributed by atoms with van der Waals surface area (Å²) < 4.78 is 0. The fourth-order valence-electron chi connectivity index (χ4n) is 1.68. The number of nitrogens with one attached hydrogen (secondary N) is 2. The van der Waals surface area contributed by atoms with Crippen LogP contribution in [0, 0.1) is 0 Å². The average Bonchev–Trinajstić information content (AvgIpc) is 2.47. The Bertz CT molecular complexity index is 523. The Labute approximate surface area is 119 Å². The molecule has 3 nitrogen and oxygen atoms in total. The molecule has 1 heterocycles. The zero-order valence-corrected chi connectivity index (χ0v) is 11.7. The maximum atomic E-state index is 5.25. The number of rotatable bonds is 4. The van der Waals surface area contributed by atoms with E-state index >= 15 is 0 Å². The van der Waals surface area contributed by atoms with E-state index in [2.05, 4.69) is 34.7 Å². The molecule has 0 aliphatic heterocycles. The SMILES string of the molecule is CCc1ccc(NC(=S)NCc2cccnc2)cc1. The molecule has 1 aromatic heterocycles. The number of benzene rings is 1. The average molecular weight is 271 g/mol. The van der Waals surface area contributed by atoms with E-state index in [0.717, 1.165) is 17.7 Å². The van der Waals surface area contributed by atoms with Gasteiger partial charge in [-0.1, -0.05) is 25.1 Å². The maximum Gasteiger partial charge on any atom is 0.171 e. The van der Waals surface area contributed by atoms with Crippen molar-refractivity contribution in [1.82, 2.24) is 10.3 Å². The van der Waals surface area contributed by atoms with E-state index in [1.807, 2.05) is 30.5 Å². The molecule has 0 atom stereocenters. The molecule has 0 aliphatic rings. The van der Waals surface area contributed by atoms with Crippen molar-refractivity contribution < 1.29 is 0 Å². The fourth-order valence-corrected chi connectivity index (χ4v) is 1.87. The number of aromatic nitrogens is 1. The second-order valence-electron chi connectivity index (χ2n) is 4.22. The van der Waals surface area contributed by atoms with Crippen molar-refractivity contribution in [3.63, 3.8) is 0 Å². The monoisotopic (exact) mass is 271 g/mol. The van der Waals surface area contributed by atoms with Crippen LogP contribution in [0.15, 0.2) is 48.8 Å². The van der Waals surface area contributed by atoms with Gasteiger partial charge in [0, 0.05) is 24.6 Å². The van der Waals surface area contributed by atoms with Crippen molar-refractivity contribution in [2.45, 2.75) is 19.9 Å². The highest BCUT2D eigenvalue weighted by Gasteiger charge is 1.98. The van der Waals surface area contributed by atoms with Crippen molar-refractivity contribution in [2.75, 3.05) is 5.32 Å². The van der Waals surface area contributed by atoms with Gasteiger partial charge < -0.3 is 10.6 Å². The van der Waals surface area contributed by atoms with E-state index in [1.165, 1.54) is 5.56 Å². The summed E-state index contributed by atoms with van der Waals surface area (Å²) in [5.41, 5.74) is 3.42. The second kappa shape index (κ2) is 6.85. The lowest BCUT2D eigenvalue weighted by atomic mass is 10.1. The summed E-state index contributed by atoms with van der Waals surface area (Å²) in [5.74, 6) is 0. The van der Waals surface area contributed by atoms with E-state index in [9.17, 15) is 0 Å². The lowest BCUT2D eigenvalue weighted by molar-refractivity contribution is 0.916. The molecule has 1 aromatic carbocycles. The summed E-state index contributed by atoms with van der Waals surface area (Å²) in [4.78, 5) is 4.06. The third-order valence-corrected chi connectivity index (χ3v) is 3.04. The third kappa shape index (κ3) is 4.34. The van der Waals surface area contributed by atoms with E-state index in [4.69, 9.17) is 12.2 Å². The Hall–Kier alpha value is -1.94. The highest BCUT2D eigenvalue weighted by Crippen LogP contribution is 2.09. The van der Waals surface area contributed by atoms with Gasteiger partial charge in [-0.25, -0.2) is 0 Å². The Morgan fingerprint density at radius 3 is 2.58 bits per heavy atom. The molecule has 0 amide bonds. The highest BCUT2D eigenvalue weighted by atomic mass is 32.1. The van der Waals surface area contributed by atoms with Crippen LogP contribution < -0.4 is 10.6 Å². The molecule has 0 saturated heterocycles. The molecule has 0 saturated carbocycles. The predicted octanol–water partition coefficient (Wildman–Crippen LogP) is 3.13. The topological polar surface area (TPSA) is 37.0 Å². The van der Waals surface area contributed by atoms with Gasteiger partial charge in [0.1, 0.15) is 0 Å². The molecule has 4 heteroatoms. The summed E-state index contributed by atoms with van der Waals surface area (Å²) in [6.07, 6.45) is 4.63. The van der Waals surface area contributed by atoms with Crippen LogP contribution in [0.5, 0.6) is 0 Å². The Kier molecular flexibility index (Phi) is 4.86. The van der Waals surface area contributed by atoms with Gasteiger partial charge in [-0.05, 0) is 48.0 Å². The van der Waals surface area contributed by atoms with Gasteiger partial charge in [-0.2, -0.15) is 0 Å². The van der Waals surface area contributed by atoms with Crippen LogP contribution in [0.25, 0.3) is 0 Å². The van der Waals surface area contributed by atoms with E-state index in [1.54, 1.807) is 6.20 Å². The molecule has 2 rings (SSSR count). The van der Waals surface area contributed by atoms with Crippen LogP contribution in [0.4, 0.5) is 5.69 Å². The first kappa shape index (κ1) is 13.5. The van der Waals surface area contributed by atoms with Gasteiger partial charge in [0.15, 0.2) is 5.11 Å². The van der Waals surface area contributed by atoms with Crippen molar-refractivity contribution in [2.24, 2.45) is 0 Å². The number of aryl methyl sites for hydroxylation is 1. The van der Waals surface area contributed by atoms with Gasteiger partial charge in [0.2, 0.25) is 0 Å². The molecule has 98 valence electrons. The lowest BCUT2D eigenvalue weighted by Gasteiger charge is -2.10. The van der Waals surface area contributed by atoms with Gasteiger partial charge in [0.05, 0.1) is 0 Å². The van der Waals surface area contributed by atoms with Crippen LogP contribution >= 0.6 is 12.2 Å². The largest absolute Gasteiger partial charge is 0.358 e. The molecule has 0 unspecified atom stereocenters. The lowest BCUT2D eigenvalue weighted by Crippen LogP contribution is -2.27. The van der Waals surface area contributed by atoms with Gasteiger partial charge in [-0.15, -0.1) is 0 Å². The van der Waals surface area contributed by atoms with E-state index < -0.39 is 0 Å². The number of thiocarbonyl (C=S) groups is 1. The molecule has 2 aromatic rings. The van der Waals surface area contributed by atoms with Crippen molar-refractivity contribution in [1.29, 1.82) is 0 Å². The number of anilines is 1. The molecule has 0 fully saturated rings. The normalized spacial score (nSPS) is 9.95. The molecular weight excluding hydrogens is 254 g/mol. The number of nitrogens with zero attached hydrogens (tertiary/aromatic N) is 1. The quantitative estimate of drug-likeness (QED) is 0.838. The summed E-state index contributed by atoms with van der Waals surface area (Å²) >= 11 is 5.25. The van der Waals surface area contributed by atoms with Crippen molar-refractivity contribution in [3.05, 3.63) is 59.9 Å². The maximum absolute atomic E-state index is 5.25. The molecule has 2 N–H and O–H groups in total. The van der Waals surface area contributed by atoms with Crippen LogP contribution in [0.3, 0.4) is 0 Å². The first-order chi connectivity index (χ1) is 9.28. The summed E-state index contributed by atoms with van der Waals surface area (Å²) in [6, 6.07) is 12.2. The second-order valence-corrected chi connectivity index (χ2v) is 4.63. The Morgan fingerprint density at radius 1 is 1.16 bits per heavy atom. The Balaban J connectivity index is 1.83. The third-order valence-electron chi connectivity index (χ3n) is 2.80. The summed E-state index contributed by atoms with van der Waals surface area (Å²) in [5, 5.41) is 6.94. The van der Waals surface area contributed by atoms with Crippen LogP contribution in [0.1, 0.15) is 18.1 Å². The minimum absolute atomic E-state index is 0.619. The molecule has 19 heavy (non-hydrogen) atoms. The molecule has 0 aliphatic carbocycles. The van der Waals surface area contributed by atoms with Gasteiger partial charge in [0.25, 0.3) is 0 Å². The summed E-state index contributed by atoms with van der Waals surface area (Å²) in [7, 11) is 0. The molecular formula is C15H17N3S. The smallest absolute Gasteiger partial charge is 0.171 e. The zero-order chi connectivity index (χ0) is 13.5. The number of pyridine rings is 1. The van der Waals surface area contributed by atoms with Crippen LogP contribution in [0.2, 0.25) is 0 Å². The minimum Gasteiger partial charge on any atom is -0.358 e. The van der Waals surface area contributed by atoms with E-state index in [0.29, 0.717) is 11.7 Å². The molecule has 0 spiro atoms. The van der Waals surface area contributed by atoms with Gasteiger partial charge >= 0.3 is 0 Å². The number of hydrogen-bond donors (Lipinski definition) is 2. The first-order valence-electron chi connectivity index (χ1n) is 6.30. The zero-order valence-electron chi connectivity index (χ0n) is 10.9. The van der Waals surface area contributed by atoms with E-state index in [-0.39, 0.29) is 0 Å². The first-order valence-corrected chi connectivity index (χ1v) is 6.71.